The van der Waals surface area contributed by atoms with Crippen molar-refractivity contribution in [3.05, 3.63) is 81.1 Å². The van der Waals surface area contributed by atoms with Crippen molar-refractivity contribution in [2.24, 2.45) is 7.05 Å². The molecule has 3 amide bonds. The average Bonchev–Trinajstić information content (AvgIpc) is 3.24. The molecule has 0 radical (unpaired) electrons. The molecule has 2 aromatic carbocycles. The fourth-order valence-corrected chi connectivity index (χ4v) is 4.60. The molecule has 0 unspecified atom stereocenters. The molecule has 4 rings (SSSR count). The molecular weight excluding hydrogens is 468 g/mol. The number of para-hydroxylation sites is 2. The average molecular weight is 493 g/mol. The van der Waals surface area contributed by atoms with Gasteiger partial charge in [-0.15, -0.1) is 0 Å². The van der Waals surface area contributed by atoms with Crippen LogP contribution in [0, 0.1) is 6.92 Å². The van der Waals surface area contributed by atoms with Gasteiger partial charge in [0, 0.05) is 25.6 Å². The van der Waals surface area contributed by atoms with E-state index in [1.54, 1.807) is 55.1 Å². The smallest absolute Gasteiger partial charge is 0.295 e. The van der Waals surface area contributed by atoms with Gasteiger partial charge in [-0.25, -0.2) is 4.68 Å². The van der Waals surface area contributed by atoms with Crippen LogP contribution in [0.5, 0.6) is 5.75 Å². The van der Waals surface area contributed by atoms with Gasteiger partial charge in [0.2, 0.25) is 5.91 Å². The molecule has 3 aromatic rings. The van der Waals surface area contributed by atoms with Crippen molar-refractivity contribution < 1.29 is 19.1 Å². The third kappa shape index (κ3) is 4.78. The predicted octanol–water partition coefficient (Wildman–Crippen LogP) is 3.56. The van der Waals surface area contributed by atoms with E-state index in [1.807, 2.05) is 24.3 Å². The highest BCUT2D eigenvalue weighted by Crippen LogP contribution is 2.34. The maximum Gasteiger partial charge on any atom is 0.295 e. The van der Waals surface area contributed by atoms with Crippen LogP contribution in [0.3, 0.4) is 0 Å². The van der Waals surface area contributed by atoms with Crippen LogP contribution in [0.1, 0.15) is 17.7 Å². The van der Waals surface area contributed by atoms with Gasteiger partial charge in [-0.3, -0.25) is 28.8 Å². The Hall–Kier alpha value is -4.05. The summed E-state index contributed by atoms with van der Waals surface area (Å²) < 4.78 is 8.41. The van der Waals surface area contributed by atoms with Gasteiger partial charge in [0.15, 0.2) is 0 Å². The van der Waals surface area contributed by atoms with E-state index in [0.717, 1.165) is 16.7 Å². The number of aromatic nitrogens is 2. The van der Waals surface area contributed by atoms with Crippen molar-refractivity contribution >= 4 is 40.6 Å². The first-order valence-corrected chi connectivity index (χ1v) is 11.7. The molecule has 1 aromatic heterocycles. The minimum Gasteiger partial charge on any atom is -0.496 e. The number of carbonyl (C=O) groups is 3. The number of imide groups is 1. The van der Waals surface area contributed by atoms with E-state index in [2.05, 4.69) is 5.32 Å². The molecule has 9 nitrogen and oxygen atoms in total. The molecule has 180 valence electrons. The van der Waals surface area contributed by atoms with Crippen molar-refractivity contribution in [2.75, 3.05) is 19.0 Å². The zero-order valence-corrected chi connectivity index (χ0v) is 20.3. The molecule has 35 heavy (non-hydrogen) atoms. The molecule has 1 N–H and O–H groups in total. The van der Waals surface area contributed by atoms with Crippen LogP contribution in [-0.4, -0.2) is 45.0 Å². The number of benzene rings is 2. The first-order chi connectivity index (χ1) is 16.8. The Kier molecular flexibility index (Phi) is 6.92. The quantitative estimate of drug-likeness (QED) is 0.506. The van der Waals surface area contributed by atoms with Crippen molar-refractivity contribution in [3.8, 4) is 11.4 Å². The molecule has 1 saturated heterocycles. The number of nitrogens with zero attached hydrogens (tertiary/aromatic N) is 3. The number of rotatable bonds is 7. The SMILES string of the molecule is COc1ccccc1C=C1SC(=O)N(CCC(=O)Nc2c(C)n(C)n(-c3ccccc3)c2=O)C1=O. The lowest BCUT2D eigenvalue weighted by molar-refractivity contribution is -0.123. The summed E-state index contributed by atoms with van der Waals surface area (Å²) in [6.45, 7) is 1.63. The number of thioether (sulfide) groups is 1. The molecule has 0 aliphatic carbocycles. The van der Waals surface area contributed by atoms with Crippen molar-refractivity contribution in [2.45, 2.75) is 13.3 Å². The maximum atomic E-state index is 13.0. The molecular formula is C25H24N4O5S. The van der Waals surface area contributed by atoms with Crippen molar-refractivity contribution in [3.63, 3.8) is 0 Å². The summed E-state index contributed by atoms with van der Waals surface area (Å²) in [7, 11) is 3.26. The predicted molar refractivity (Wildman–Crippen MR) is 135 cm³/mol. The Balaban J connectivity index is 1.45. The van der Waals surface area contributed by atoms with Crippen LogP contribution < -0.4 is 15.6 Å². The van der Waals surface area contributed by atoms with Gasteiger partial charge in [0.05, 0.1) is 23.4 Å². The van der Waals surface area contributed by atoms with Gasteiger partial charge < -0.3 is 10.1 Å². The van der Waals surface area contributed by atoms with Crippen LogP contribution in [-0.2, 0) is 16.6 Å². The number of carbonyl (C=O) groups excluding carboxylic acids is 3. The molecule has 1 aliphatic heterocycles. The highest BCUT2D eigenvalue weighted by atomic mass is 32.2. The lowest BCUT2D eigenvalue weighted by Crippen LogP contribution is -2.32. The third-order valence-electron chi connectivity index (χ3n) is 5.68. The zero-order chi connectivity index (χ0) is 25.1. The fraction of sp³-hybridized carbons (Fsp3) is 0.200. The van der Waals surface area contributed by atoms with Gasteiger partial charge in [-0.2, -0.15) is 0 Å². The topological polar surface area (TPSA) is 103 Å². The second kappa shape index (κ2) is 10.1. The minimum absolute atomic E-state index is 0.0987. The van der Waals surface area contributed by atoms with E-state index in [9.17, 15) is 19.2 Å². The number of nitrogens with one attached hydrogen (secondary N) is 1. The summed E-state index contributed by atoms with van der Waals surface area (Å²) in [4.78, 5) is 52.1. The number of hydrogen-bond donors (Lipinski definition) is 1. The van der Waals surface area contributed by atoms with Gasteiger partial charge in [-0.05, 0) is 43.0 Å². The molecule has 0 atom stereocenters. The van der Waals surface area contributed by atoms with Gasteiger partial charge in [-0.1, -0.05) is 36.4 Å². The maximum absolute atomic E-state index is 13.0. The summed E-state index contributed by atoms with van der Waals surface area (Å²) in [5.41, 5.74) is 1.72. The third-order valence-corrected chi connectivity index (χ3v) is 6.59. The van der Waals surface area contributed by atoms with Gasteiger partial charge >= 0.3 is 0 Å². The Morgan fingerprint density at radius 3 is 2.46 bits per heavy atom. The fourth-order valence-electron chi connectivity index (χ4n) is 3.75. The van der Waals surface area contributed by atoms with Gasteiger partial charge in [0.25, 0.3) is 16.7 Å². The molecule has 2 heterocycles. The van der Waals surface area contributed by atoms with Crippen LogP contribution in [0.25, 0.3) is 11.8 Å². The number of methoxy groups -OCH3 is 1. The summed E-state index contributed by atoms with van der Waals surface area (Å²) in [5.74, 6) is -0.358. The first kappa shape index (κ1) is 24.1. The number of anilines is 1. The van der Waals surface area contributed by atoms with E-state index in [4.69, 9.17) is 4.74 Å². The zero-order valence-electron chi connectivity index (χ0n) is 19.5. The molecule has 0 bridgehead atoms. The monoisotopic (exact) mass is 492 g/mol. The Bertz CT molecular complexity index is 1390. The summed E-state index contributed by atoms with van der Waals surface area (Å²) in [5, 5.41) is 2.20. The van der Waals surface area contributed by atoms with Crippen LogP contribution in [0.4, 0.5) is 10.5 Å². The Labute approximate surface area is 206 Å². The van der Waals surface area contributed by atoms with E-state index in [1.165, 1.54) is 11.8 Å². The van der Waals surface area contributed by atoms with E-state index in [0.29, 0.717) is 22.7 Å². The Morgan fingerprint density at radius 1 is 1.06 bits per heavy atom. The lowest BCUT2D eigenvalue weighted by atomic mass is 10.2. The van der Waals surface area contributed by atoms with Crippen molar-refractivity contribution in [1.82, 2.24) is 14.3 Å². The highest BCUT2D eigenvalue weighted by Gasteiger charge is 2.35. The van der Waals surface area contributed by atoms with Crippen molar-refractivity contribution in [1.29, 1.82) is 0 Å². The van der Waals surface area contributed by atoms with E-state index < -0.39 is 17.1 Å². The van der Waals surface area contributed by atoms with Crippen LogP contribution >= 0.6 is 11.8 Å². The summed E-state index contributed by atoms with van der Waals surface area (Å²) in [6.07, 6.45) is 1.46. The minimum atomic E-state index is -0.471. The second-order valence-electron chi connectivity index (χ2n) is 7.81. The molecule has 1 aliphatic rings. The summed E-state index contributed by atoms with van der Waals surface area (Å²) >= 11 is 0.814. The summed E-state index contributed by atoms with van der Waals surface area (Å²) in [6, 6.07) is 16.2. The number of amides is 3. The first-order valence-electron chi connectivity index (χ1n) is 10.8. The van der Waals surface area contributed by atoms with Crippen LogP contribution in [0.15, 0.2) is 64.3 Å². The van der Waals surface area contributed by atoms with Crippen LogP contribution in [0.2, 0.25) is 0 Å². The molecule has 10 heteroatoms. The highest BCUT2D eigenvalue weighted by molar-refractivity contribution is 8.18. The normalized spacial score (nSPS) is 14.6. The lowest BCUT2D eigenvalue weighted by Gasteiger charge is -2.12. The molecule has 0 saturated carbocycles. The standard InChI is InChI=1S/C25H24N4O5S/c1-16-22(24(32)29(27(16)2)18-10-5-4-6-11-18)26-21(30)13-14-28-23(31)20(35-25(28)33)15-17-9-7-8-12-19(17)34-3/h4-12,15H,13-14H2,1-3H3,(H,26,30). The van der Waals surface area contributed by atoms with E-state index in [-0.39, 0.29) is 29.1 Å². The second-order valence-corrected chi connectivity index (χ2v) is 8.80. The molecule has 0 spiro atoms. The van der Waals surface area contributed by atoms with Gasteiger partial charge in [0.1, 0.15) is 11.4 Å². The largest absolute Gasteiger partial charge is 0.496 e. The van der Waals surface area contributed by atoms with E-state index >= 15 is 0 Å². The molecule has 1 fully saturated rings. The number of ether oxygens (including phenoxy) is 1. The Morgan fingerprint density at radius 2 is 1.74 bits per heavy atom. The number of hydrogen-bond acceptors (Lipinski definition) is 6.